The summed E-state index contributed by atoms with van der Waals surface area (Å²) in [5, 5.41) is 2.84. The second-order valence-electron chi connectivity index (χ2n) is 5.63. The van der Waals surface area contributed by atoms with Gasteiger partial charge in [-0.25, -0.2) is 4.39 Å². The lowest BCUT2D eigenvalue weighted by Gasteiger charge is -2.27. The van der Waals surface area contributed by atoms with Crippen molar-refractivity contribution in [2.75, 3.05) is 14.2 Å². The number of nitrogens with one attached hydrogen (secondary N) is 1. The topological polar surface area (TPSA) is 47.6 Å². The highest BCUT2D eigenvalue weighted by Crippen LogP contribution is 2.32. The van der Waals surface area contributed by atoms with Crippen molar-refractivity contribution >= 4 is 5.91 Å². The molecular weight excluding hydrogens is 297 g/mol. The van der Waals surface area contributed by atoms with Gasteiger partial charge in [0, 0.05) is 0 Å². The van der Waals surface area contributed by atoms with Crippen LogP contribution in [0.5, 0.6) is 11.5 Å². The smallest absolute Gasteiger partial charge is 0.254 e. The van der Waals surface area contributed by atoms with Gasteiger partial charge in [0.15, 0.2) is 11.5 Å². The Morgan fingerprint density at radius 3 is 2.30 bits per heavy atom. The van der Waals surface area contributed by atoms with E-state index in [0.717, 1.165) is 5.56 Å². The maximum atomic E-state index is 13.7. The molecule has 2 aromatic carbocycles. The summed E-state index contributed by atoms with van der Waals surface area (Å²) >= 11 is 0. The van der Waals surface area contributed by atoms with Gasteiger partial charge in [0.1, 0.15) is 5.82 Å². The van der Waals surface area contributed by atoms with Gasteiger partial charge in [0.25, 0.3) is 5.91 Å². The van der Waals surface area contributed by atoms with Crippen LogP contribution in [0.4, 0.5) is 4.39 Å². The number of benzene rings is 2. The molecule has 0 aliphatic rings. The molecule has 0 atom stereocenters. The molecule has 0 saturated carbocycles. The van der Waals surface area contributed by atoms with Crippen molar-refractivity contribution in [1.82, 2.24) is 5.32 Å². The molecule has 2 rings (SSSR count). The molecule has 1 N–H and O–H groups in total. The number of methoxy groups -OCH3 is 2. The third-order valence-electron chi connectivity index (χ3n) is 3.65. The molecule has 4 nitrogen and oxygen atoms in total. The van der Waals surface area contributed by atoms with Crippen molar-refractivity contribution in [1.29, 1.82) is 0 Å². The summed E-state index contributed by atoms with van der Waals surface area (Å²) < 4.78 is 24.2. The predicted octanol–water partition coefficient (Wildman–Crippen LogP) is 3.51. The summed E-state index contributed by atoms with van der Waals surface area (Å²) in [5.74, 6) is 0.154. The molecular formula is C18H20FNO3. The summed E-state index contributed by atoms with van der Waals surface area (Å²) in [4.78, 5) is 12.3. The highest BCUT2D eigenvalue weighted by Gasteiger charge is 2.25. The monoisotopic (exact) mass is 317 g/mol. The van der Waals surface area contributed by atoms with E-state index >= 15 is 0 Å². The second-order valence-corrected chi connectivity index (χ2v) is 5.63. The largest absolute Gasteiger partial charge is 0.493 e. The third-order valence-corrected chi connectivity index (χ3v) is 3.65. The van der Waals surface area contributed by atoms with Crippen molar-refractivity contribution in [2.24, 2.45) is 0 Å². The summed E-state index contributed by atoms with van der Waals surface area (Å²) in [5.41, 5.74) is 0.125. The summed E-state index contributed by atoms with van der Waals surface area (Å²) in [7, 11) is 3.11. The molecule has 0 radical (unpaired) electrons. The van der Waals surface area contributed by atoms with Crippen LogP contribution in [0, 0.1) is 5.82 Å². The Hall–Kier alpha value is -2.56. The standard InChI is InChI=1S/C18H20FNO3/c1-18(2,12-9-10-15(22-3)16(11-12)23-4)20-17(21)13-7-5-6-8-14(13)19/h5-11H,1-4H3,(H,20,21). The van der Waals surface area contributed by atoms with Crippen LogP contribution >= 0.6 is 0 Å². The maximum Gasteiger partial charge on any atom is 0.254 e. The summed E-state index contributed by atoms with van der Waals surface area (Å²) in [6.45, 7) is 3.68. The van der Waals surface area contributed by atoms with Gasteiger partial charge in [-0.15, -0.1) is 0 Å². The zero-order valence-corrected chi connectivity index (χ0v) is 13.6. The van der Waals surface area contributed by atoms with E-state index in [0.29, 0.717) is 11.5 Å². The Kier molecular flexibility index (Phi) is 4.89. The Labute approximate surface area is 135 Å². The molecule has 23 heavy (non-hydrogen) atoms. The van der Waals surface area contributed by atoms with Crippen LogP contribution in [0.1, 0.15) is 29.8 Å². The lowest BCUT2D eigenvalue weighted by molar-refractivity contribution is 0.0908. The zero-order valence-electron chi connectivity index (χ0n) is 13.6. The Balaban J connectivity index is 2.28. The molecule has 0 aliphatic heterocycles. The lowest BCUT2D eigenvalue weighted by atomic mass is 9.93. The van der Waals surface area contributed by atoms with Crippen LogP contribution in [0.25, 0.3) is 0 Å². The quantitative estimate of drug-likeness (QED) is 0.918. The fourth-order valence-electron chi connectivity index (χ4n) is 2.29. The van der Waals surface area contributed by atoms with Gasteiger partial charge >= 0.3 is 0 Å². The molecule has 0 aliphatic carbocycles. The van der Waals surface area contributed by atoms with E-state index in [9.17, 15) is 9.18 Å². The van der Waals surface area contributed by atoms with E-state index in [1.165, 1.54) is 12.1 Å². The fraction of sp³-hybridized carbons (Fsp3) is 0.278. The van der Waals surface area contributed by atoms with E-state index in [4.69, 9.17) is 9.47 Å². The van der Waals surface area contributed by atoms with Gasteiger partial charge in [0.05, 0.1) is 25.3 Å². The number of amides is 1. The lowest BCUT2D eigenvalue weighted by Crippen LogP contribution is -2.41. The molecule has 1 amide bonds. The van der Waals surface area contributed by atoms with Crippen molar-refractivity contribution in [3.05, 3.63) is 59.4 Å². The van der Waals surface area contributed by atoms with Crippen LogP contribution in [0.3, 0.4) is 0 Å². The number of hydrogen-bond acceptors (Lipinski definition) is 3. The average Bonchev–Trinajstić information content (AvgIpc) is 2.54. The van der Waals surface area contributed by atoms with Gasteiger partial charge in [-0.1, -0.05) is 18.2 Å². The van der Waals surface area contributed by atoms with E-state index in [2.05, 4.69) is 5.32 Å². The molecule has 0 bridgehead atoms. The van der Waals surface area contributed by atoms with Crippen LogP contribution < -0.4 is 14.8 Å². The summed E-state index contributed by atoms with van der Waals surface area (Å²) in [6, 6.07) is 11.3. The average molecular weight is 317 g/mol. The number of carbonyl (C=O) groups excluding carboxylic acids is 1. The highest BCUT2D eigenvalue weighted by molar-refractivity contribution is 5.95. The number of halogens is 1. The zero-order chi connectivity index (χ0) is 17.0. The minimum absolute atomic E-state index is 0.0149. The van der Waals surface area contributed by atoms with Crippen molar-refractivity contribution < 1.29 is 18.7 Å². The number of ether oxygens (including phenoxy) is 2. The van der Waals surface area contributed by atoms with Crippen LogP contribution in [0.15, 0.2) is 42.5 Å². The van der Waals surface area contributed by atoms with Gasteiger partial charge < -0.3 is 14.8 Å². The van der Waals surface area contributed by atoms with Crippen molar-refractivity contribution in [2.45, 2.75) is 19.4 Å². The molecule has 0 saturated heterocycles. The molecule has 5 heteroatoms. The predicted molar refractivity (Wildman–Crippen MR) is 86.4 cm³/mol. The second kappa shape index (κ2) is 6.69. The fourth-order valence-corrected chi connectivity index (χ4v) is 2.29. The number of rotatable bonds is 5. The molecule has 2 aromatic rings. The summed E-state index contributed by atoms with van der Waals surface area (Å²) in [6.07, 6.45) is 0. The third kappa shape index (κ3) is 3.62. The van der Waals surface area contributed by atoms with Crippen molar-refractivity contribution in [3.8, 4) is 11.5 Å². The van der Waals surface area contributed by atoms with E-state index in [1.807, 2.05) is 19.9 Å². The van der Waals surface area contributed by atoms with Gasteiger partial charge in [-0.3, -0.25) is 4.79 Å². The van der Waals surface area contributed by atoms with Gasteiger partial charge in [-0.2, -0.15) is 0 Å². The molecule has 0 spiro atoms. The minimum Gasteiger partial charge on any atom is -0.493 e. The Morgan fingerprint density at radius 1 is 1.04 bits per heavy atom. The van der Waals surface area contributed by atoms with Crippen LogP contribution in [-0.4, -0.2) is 20.1 Å². The van der Waals surface area contributed by atoms with Gasteiger partial charge in [0.2, 0.25) is 0 Å². The van der Waals surface area contributed by atoms with Crippen molar-refractivity contribution in [3.63, 3.8) is 0 Å². The molecule has 0 fully saturated rings. The molecule has 122 valence electrons. The normalized spacial score (nSPS) is 11.0. The number of carbonyl (C=O) groups is 1. The first-order valence-electron chi connectivity index (χ1n) is 7.18. The Bertz CT molecular complexity index is 713. The molecule has 0 unspecified atom stereocenters. The highest BCUT2D eigenvalue weighted by atomic mass is 19.1. The molecule has 0 heterocycles. The van der Waals surface area contributed by atoms with E-state index in [-0.39, 0.29) is 5.56 Å². The van der Waals surface area contributed by atoms with E-state index < -0.39 is 17.3 Å². The maximum absolute atomic E-state index is 13.7. The van der Waals surface area contributed by atoms with Gasteiger partial charge in [-0.05, 0) is 43.7 Å². The first-order valence-corrected chi connectivity index (χ1v) is 7.18. The van der Waals surface area contributed by atoms with E-state index in [1.54, 1.807) is 38.5 Å². The first kappa shape index (κ1) is 16.8. The van der Waals surface area contributed by atoms with Crippen LogP contribution in [-0.2, 0) is 5.54 Å². The molecule has 0 aromatic heterocycles. The first-order chi connectivity index (χ1) is 10.9. The van der Waals surface area contributed by atoms with Crippen LogP contribution in [0.2, 0.25) is 0 Å². The minimum atomic E-state index is -0.709. The Morgan fingerprint density at radius 2 is 1.70 bits per heavy atom. The SMILES string of the molecule is COc1ccc(C(C)(C)NC(=O)c2ccccc2F)cc1OC. The number of hydrogen-bond donors (Lipinski definition) is 1.